The molecule has 114 valence electrons. The summed E-state index contributed by atoms with van der Waals surface area (Å²) in [5, 5.41) is 5.66. The molecule has 2 nitrogen and oxygen atoms in total. The van der Waals surface area contributed by atoms with Gasteiger partial charge in [-0.1, -0.05) is 35.3 Å². The predicted octanol–water partition coefficient (Wildman–Crippen LogP) is 4.99. The Bertz CT molecular complexity index is 615. The zero-order chi connectivity index (χ0) is 15.6. The first kappa shape index (κ1) is 17.0. The molecule has 0 unspecified atom stereocenters. The molecule has 1 aromatic heterocycles. The van der Waals surface area contributed by atoms with E-state index in [2.05, 4.69) is 5.10 Å². The third-order valence-electron chi connectivity index (χ3n) is 3.75. The van der Waals surface area contributed by atoms with Crippen molar-refractivity contribution in [2.75, 3.05) is 11.8 Å². The molecule has 0 bridgehead atoms. The van der Waals surface area contributed by atoms with Gasteiger partial charge in [0.05, 0.1) is 5.69 Å². The number of alkyl halides is 2. The molecule has 0 N–H and O–H groups in total. The Morgan fingerprint density at radius 1 is 1.10 bits per heavy atom. The van der Waals surface area contributed by atoms with Crippen molar-refractivity contribution in [1.29, 1.82) is 0 Å². The molecular formula is C15H16Cl4N2. The molecule has 0 aliphatic carbocycles. The average molecular weight is 366 g/mol. The molecule has 0 aliphatic heterocycles. The van der Waals surface area contributed by atoms with E-state index in [-0.39, 0.29) is 0 Å². The highest BCUT2D eigenvalue weighted by Crippen LogP contribution is 2.35. The minimum Gasteiger partial charge on any atom is -0.257 e. The average Bonchev–Trinajstić information content (AvgIpc) is 2.72. The predicted molar refractivity (Wildman–Crippen MR) is 91.2 cm³/mol. The van der Waals surface area contributed by atoms with Crippen molar-refractivity contribution in [1.82, 2.24) is 9.78 Å². The molecule has 0 atom stereocenters. The number of hydrogen-bond donors (Lipinski definition) is 0. The minimum atomic E-state index is -0.398. The maximum atomic E-state index is 6.34. The quantitative estimate of drug-likeness (QED) is 0.682. The summed E-state index contributed by atoms with van der Waals surface area (Å²) in [5.41, 5.74) is 2.54. The third-order valence-corrected chi connectivity index (χ3v) is 5.50. The van der Waals surface area contributed by atoms with E-state index in [0.29, 0.717) is 28.4 Å². The van der Waals surface area contributed by atoms with Gasteiger partial charge in [0.2, 0.25) is 0 Å². The van der Waals surface area contributed by atoms with Crippen LogP contribution in [0.3, 0.4) is 0 Å². The molecule has 0 saturated carbocycles. The van der Waals surface area contributed by atoms with Crippen molar-refractivity contribution in [3.05, 3.63) is 51.3 Å². The molecule has 0 amide bonds. The van der Waals surface area contributed by atoms with Crippen molar-refractivity contribution in [3.63, 3.8) is 0 Å². The molecule has 2 rings (SSSR count). The summed E-state index contributed by atoms with van der Waals surface area (Å²) in [5.74, 6) is 0.783. The fourth-order valence-corrected chi connectivity index (χ4v) is 3.55. The Morgan fingerprint density at radius 2 is 1.67 bits per heavy atom. The Labute approximate surface area is 144 Å². The molecule has 0 radical (unpaired) electrons. The van der Waals surface area contributed by atoms with E-state index in [4.69, 9.17) is 46.4 Å². The van der Waals surface area contributed by atoms with Crippen LogP contribution < -0.4 is 0 Å². The molecule has 2 aromatic rings. The highest BCUT2D eigenvalue weighted by atomic mass is 35.5. The number of nitrogens with zero attached hydrogens (tertiary/aromatic N) is 2. The maximum Gasteiger partial charge on any atom is 0.130 e. The molecule has 0 spiro atoms. The van der Waals surface area contributed by atoms with Crippen LogP contribution in [0.4, 0.5) is 0 Å². The topological polar surface area (TPSA) is 17.8 Å². The lowest BCUT2D eigenvalue weighted by molar-refractivity contribution is 0.535. The number of aromatic nitrogens is 2. The molecule has 6 heteroatoms. The van der Waals surface area contributed by atoms with Gasteiger partial charge in [-0.15, -0.1) is 23.2 Å². The molecule has 0 fully saturated rings. The van der Waals surface area contributed by atoms with Gasteiger partial charge in [-0.2, -0.15) is 5.10 Å². The summed E-state index contributed by atoms with van der Waals surface area (Å²) < 4.78 is 1.67. The number of aryl methyl sites for hydroxylation is 2. The second-order valence-corrected chi connectivity index (χ2v) is 6.54. The van der Waals surface area contributed by atoms with Gasteiger partial charge in [0.25, 0.3) is 0 Å². The van der Waals surface area contributed by atoms with Crippen LogP contribution >= 0.6 is 46.4 Å². The van der Waals surface area contributed by atoms with Gasteiger partial charge < -0.3 is 0 Å². The number of benzene rings is 1. The molecule has 0 saturated heterocycles. The number of halogens is 4. The summed E-state index contributed by atoms with van der Waals surface area (Å²) in [6, 6.07) is 7.63. The minimum absolute atomic E-state index is 0.392. The Kier molecular flexibility index (Phi) is 5.48. The highest BCUT2D eigenvalue weighted by Gasteiger charge is 2.33. The summed E-state index contributed by atoms with van der Waals surface area (Å²) in [4.78, 5) is 0. The van der Waals surface area contributed by atoms with Gasteiger partial charge in [0.1, 0.15) is 5.15 Å². The summed E-state index contributed by atoms with van der Waals surface area (Å²) >= 11 is 24.8. The van der Waals surface area contributed by atoms with E-state index in [1.165, 1.54) is 0 Å². The first-order chi connectivity index (χ1) is 9.93. The van der Waals surface area contributed by atoms with E-state index in [9.17, 15) is 0 Å². The van der Waals surface area contributed by atoms with Crippen LogP contribution in [0.25, 0.3) is 0 Å². The van der Waals surface area contributed by atoms with Crippen LogP contribution in [0.15, 0.2) is 24.3 Å². The fraction of sp³-hybridized carbons (Fsp3) is 0.400. The fourth-order valence-electron chi connectivity index (χ4n) is 2.40. The number of rotatable bonds is 5. The van der Waals surface area contributed by atoms with E-state index in [1.807, 2.05) is 38.2 Å². The van der Waals surface area contributed by atoms with Crippen molar-refractivity contribution >= 4 is 46.4 Å². The molecular weight excluding hydrogens is 350 g/mol. The van der Waals surface area contributed by atoms with Crippen molar-refractivity contribution in [2.24, 2.45) is 7.05 Å². The SMILES string of the molecule is Cc1nn(C)c(Cl)c1CC(CCl)(CCl)c1ccc(Cl)cc1. The van der Waals surface area contributed by atoms with Gasteiger partial charge in [-0.3, -0.25) is 4.68 Å². The standard InChI is InChI=1S/C15H16Cl4N2/c1-10-13(14(19)21(2)20-10)7-15(8-16,9-17)11-3-5-12(18)6-4-11/h3-6H,7-9H2,1-2H3. The van der Waals surface area contributed by atoms with Gasteiger partial charge >= 0.3 is 0 Å². The Balaban J connectivity index is 2.45. The molecule has 1 heterocycles. The maximum absolute atomic E-state index is 6.34. The first-order valence-electron chi connectivity index (χ1n) is 6.49. The van der Waals surface area contributed by atoms with Crippen LogP contribution in [-0.2, 0) is 18.9 Å². The van der Waals surface area contributed by atoms with E-state index >= 15 is 0 Å². The van der Waals surface area contributed by atoms with Crippen molar-refractivity contribution in [2.45, 2.75) is 18.8 Å². The first-order valence-corrected chi connectivity index (χ1v) is 8.32. The second-order valence-electron chi connectivity index (χ2n) is 5.21. The lowest BCUT2D eigenvalue weighted by atomic mass is 9.79. The smallest absolute Gasteiger partial charge is 0.130 e. The van der Waals surface area contributed by atoms with E-state index in [0.717, 1.165) is 16.8 Å². The van der Waals surface area contributed by atoms with Crippen molar-refractivity contribution in [3.8, 4) is 0 Å². The Morgan fingerprint density at radius 3 is 2.10 bits per heavy atom. The Hall–Kier alpha value is -0.410. The van der Waals surface area contributed by atoms with Gasteiger partial charge in [0, 0.05) is 34.8 Å². The lowest BCUT2D eigenvalue weighted by Crippen LogP contribution is -2.33. The van der Waals surface area contributed by atoms with Gasteiger partial charge in [0.15, 0.2) is 0 Å². The normalized spacial score (nSPS) is 11.9. The van der Waals surface area contributed by atoms with Crippen LogP contribution in [0.1, 0.15) is 16.8 Å². The summed E-state index contributed by atoms with van der Waals surface area (Å²) in [6.45, 7) is 1.94. The van der Waals surface area contributed by atoms with E-state index < -0.39 is 5.41 Å². The zero-order valence-electron chi connectivity index (χ0n) is 11.8. The zero-order valence-corrected chi connectivity index (χ0v) is 14.9. The van der Waals surface area contributed by atoms with Crippen molar-refractivity contribution < 1.29 is 0 Å². The third kappa shape index (κ3) is 3.34. The van der Waals surface area contributed by atoms with E-state index in [1.54, 1.807) is 4.68 Å². The van der Waals surface area contributed by atoms with Crippen LogP contribution in [0.5, 0.6) is 0 Å². The number of hydrogen-bond acceptors (Lipinski definition) is 1. The van der Waals surface area contributed by atoms with Gasteiger partial charge in [-0.05, 0) is 31.0 Å². The molecule has 21 heavy (non-hydrogen) atoms. The van der Waals surface area contributed by atoms with Crippen LogP contribution in [0, 0.1) is 6.92 Å². The summed E-state index contributed by atoms with van der Waals surface area (Å²) in [7, 11) is 1.82. The highest BCUT2D eigenvalue weighted by molar-refractivity contribution is 6.31. The molecule has 1 aromatic carbocycles. The summed E-state index contributed by atoms with van der Waals surface area (Å²) in [6.07, 6.45) is 0.639. The largest absolute Gasteiger partial charge is 0.257 e. The van der Waals surface area contributed by atoms with Crippen LogP contribution in [-0.4, -0.2) is 21.5 Å². The lowest BCUT2D eigenvalue weighted by Gasteiger charge is -2.30. The monoisotopic (exact) mass is 364 g/mol. The van der Waals surface area contributed by atoms with Gasteiger partial charge in [-0.25, -0.2) is 0 Å². The second kappa shape index (κ2) is 6.78. The molecule has 0 aliphatic rings. The van der Waals surface area contributed by atoms with Crippen LogP contribution in [0.2, 0.25) is 10.2 Å².